The molecule has 1 unspecified atom stereocenters. The maximum Gasteiger partial charge on any atom is 0.236 e. The Morgan fingerprint density at radius 2 is 2.08 bits per heavy atom. The van der Waals surface area contributed by atoms with Crippen LogP contribution in [0.4, 0.5) is 5.69 Å². The second kappa shape index (κ2) is 5.70. The van der Waals surface area contributed by atoms with Crippen molar-refractivity contribution in [3.63, 3.8) is 0 Å². The van der Waals surface area contributed by atoms with Crippen molar-refractivity contribution in [2.24, 2.45) is 0 Å². The number of hydrogen-bond acceptors (Lipinski definition) is 3. The topological polar surface area (TPSA) is 61.0 Å². The van der Waals surface area contributed by atoms with E-state index in [1.165, 1.54) is 0 Å². The van der Waals surface area contributed by atoms with Crippen molar-refractivity contribution in [2.45, 2.75) is 51.0 Å². The summed E-state index contributed by atoms with van der Waals surface area (Å²) in [4.78, 5) is 15.2. The minimum atomic E-state index is -0.401. The van der Waals surface area contributed by atoms with Gasteiger partial charge in [-0.15, -0.1) is 0 Å². The van der Waals surface area contributed by atoms with E-state index in [-0.39, 0.29) is 11.3 Å². The summed E-state index contributed by atoms with van der Waals surface area (Å²) in [5.74, 6) is 0.151. The van der Waals surface area contributed by atoms with Crippen LogP contribution in [0.2, 0.25) is 0 Å². The number of nitrogens with one attached hydrogen (secondary N) is 2. The van der Waals surface area contributed by atoms with Crippen molar-refractivity contribution < 1.29 is 4.79 Å². The third-order valence-electron chi connectivity index (χ3n) is 5.49. The Balaban J connectivity index is 1.56. The molecule has 5 heteroatoms. The number of carbonyl (C=O) groups excluding carboxylic acids is 1. The lowest BCUT2D eigenvalue weighted by Gasteiger charge is -2.38. The maximum absolute atomic E-state index is 12.8. The van der Waals surface area contributed by atoms with Gasteiger partial charge in [-0.25, -0.2) is 0 Å². The van der Waals surface area contributed by atoms with E-state index >= 15 is 0 Å². The first-order valence-corrected chi connectivity index (χ1v) is 9.07. The van der Waals surface area contributed by atoms with Gasteiger partial charge < -0.3 is 5.32 Å². The van der Waals surface area contributed by atoms with Crippen LogP contribution in [0, 0.1) is 0 Å². The predicted octanol–water partition coefficient (Wildman–Crippen LogP) is 3.19. The molecule has 2 N–H and O–H groups in total. The normalized spacial score (nSPS) is 23.7. The van der Waals surface area contributed by atoms with E-state index in [4.69, 9.17) is 0 Å². The molecule has 4 rings (SSSR count). The summed E-state index contributed by atoms with van der Waals surface area (Å²) < 4.78 is 0. The van der Waals surface area contributed by atoms with Crippen molar-refractivity contribution in [3.05, 3.63) is 47.3 Å². The molecule has 1 spiro atoms. The Morgan fingerprint density at radius 3 is 2.84 bits per heavy atom. The molecule has 2 aromatic rings. The van der Waals surface area contributed by atoms with Crippen LogP contribution < -0.4 is 5.32 Å². The average Bonchev–Trinajstić information content (AvgIpc) is 3.13. The van der Waals surface area contributed by atoms with Crippen LogP contribution >= 0.6 is 0 Å². The van der Waals surface area contributed by atoms with Gasteiger partial charge in [-0.3, -0.25) is 14.8 Å². The fourth-order valence-corrected chi connectivity index (χ4v) is 4.13. The number of H-pyrrole nitrogens is 1. The van der Waals surface area contributed by atoms with Crippen molar-refractivity contribution in [1.29, 1.82) is 0 Å². The molecule has 0 saturated carbocycles. The van der Waals surface area contributed by atoms with Crippen LogP contribution in [-0.4, -0.2) is 34.1 Å². The quantitative estimate of drug-likeness (QED) is 0.884. The van der Waals surface area contributed by atoms with Gasteiger partial charge in [0.05, 0.1) is 11.1 Å². The maximum atomic E-state index is 12.8. The van der Waals surface area contributed by atoms with Gasteiger partial charge in [0.15, 0.2) is 0 Å². The molecule has 0 bridgehead atoms. The SMILES string of the molecule is CC(C)(C)c1cc(CN2CCCC3(C2)C(=O)Nc2ccccc23)[nH]n1. The molecule has 132 valence electrons. The number of para-hydroxylation sites is 1. The minimum absolute atomic E-state index is 0.0438. The molecule has 25 heavy (non-hydrogen) atoms. The molecule has 1 atom stereocenters. The Morgan fingerprint density at radius 1 is 1.28 bits per heavy atom. The summed E-state index contributed by atoms with van der Waals surface area (Å²) in [7, 11) is 0. The largest absolute Gasteiger partial charge is 0.325 e. The van der Waals surface area contributed by atoms with Crippen molar-refractivity contribution in [3.8, 4) is 0 Å². The molecule has 3 heterocycles. The van der Waals surface area contributed by atoms with Crippen LogP contribution in [0.3, 0.4) is 0 Å². The van der Waals surface area contributed by atoms with E-state index in [1.807, 2.05) is 18.2 Å². The molecule has 5 nitrogen and oxygen atoms in total. The van der Waals surface area contributed by atoms with Crippen LogP contribution in [0.15, 0.2) is 30.3 Å². The molecule has 1 saturated heterocycles. The highest BCUT2D eigenvalue weighted by Crippen LogP contribution is 2.43. The zero-order valence-corrected chi connectivity index (χ0v) is 15.2. The van der Waals surface area contributed by atoms with Gasteiger partial charge in [-0.1, -0.05) is 39.0 Å². The van der Waals surface area contributed by atoms with Crippen LogP contribution in [0.1, 0.15) is 50.6 Å². The smallest absolute Gasteiger partial charge is 0.236 e. The zero-order valence-electron chi connectivity index (χ0n) is 15.2. The molecule has 1 aromatic heterocycles. The number of piperidine rings is 1. The number of amides is 1. The molecular weight excluding hydrogens is 312 g/mol. The standard InChI is InChI=1S/C20H26N4O/c1-19(2,3)17-11-14(22-23-17)12-24-10-6-9-20(13-24)15-7-4-5-8-16(15)21-18(20)25/h4-5,7-8,11H,6,9-10,12-13H2,1-3H3,(H,21,25)(H,22,23). The second-order valence-corrected chi connectivity index (χ2v) is 8.42. The number of fused-ring (bicyclic) bond motifs is 2. The Hall–Kier alpha value is -2.14. The molecule has 2 aliphatic heterocycles. The highest BCUT2D eigenvalue weighted by molar-refractivity contribution is 6.06. The summed E-state index contributed by atoms with van der Waals surface area (Å²) in [6.45, 7) is 9.09. The van der Waals surface area contributed by atoms with Gasteiger partial charge in [0, 0.05) is 29.9 Å². The van der Waals surface area contributed by atoms with E-state index in [0.29, 0.717) is 0 Å². The minimum Gasteiger partial charge on any atom is -0.325 e. The Labute approximate surface area is 148 Å². The zero-order chi connectivity index (χ0) is 17.7. The monoisotopic (exact) mass is 338 g/mol. The fourth-order valence-electron chi connectivity index (χ4n) is 4.13. The first-order valence-electron chi connectivity index (χ1n) is 9.07. The number of likely N-dealkylation sites (tertiary alicyclic amines) is 1. The summed E-state index contributed by atoms with van der Waals surface area (Å²) >= 11 is 0. The average molecular weight is 338 g/mol. The molecule has 2 aliphatic rings. The first-order chi connectivity index (χ1) is 11.9. The molecule has 1 amide bonds. The van der Waals surface area contributed by atoms with Crippen LogP contribution in [0.5, 0.6) is 0 Å². The summed E-state index contributed by atoms with van der Waals surface area (Å²) in [6.07, 6.45) is 1.95. The first kappa shape index (κ1) is 16.3. The van der Waals surface area contributed by atoms with Crippen LogP contribution in [-0.2, 0) is 22.2 Å². The number of nitrogens with zero attached hydrogens (tertiary/aromatic N) is 2. The number of rotatable bonds is 2. The van der Waals surface area contributed by atoms with E-state index in [9.17, 15) is 4.79 Å². The van der Waals surface area contributed by atoms with Gasteiger partial charge in [0.25, 0.3) is 0 Å². The van der Waals surface area contributed by atoms with E-state index < -0.39 is 5.41 Å². The predicted molar refractivity (Wildman–Crippen MR) is 98.5 cm³/mol. The summed E-state index contributed by atoms with van der Waals surface area (Å²) in [5, 5.41) is 10.7. The Bertz CT molecular complexity index is 804. The van der Waals surface area contributed by atoms with Crippen molar-refractivity contribution in [2.75, 3.05) is 18.4 Å². The third-order valence-corrected chi connectivity index (χ3v) is 5.49. The number of benzene rings is 1. The summed E-state index contributed by atoms with van der Waals surface area (Å²) in [6, 6.07) is 10.3. The molecule has 0 aliphatic carbocycles. The number of hydrogen-bond donors (Lipinski definition) is 2. The highest BCUT2D eigenvalue weighted by Gasteiger charge is 2.48. The van der Waals surface area contributed by atoms with Crippen LogP contribution in [0.25, 0.3) is 0 Å². The second-order valence-electron chi connectivity index (χ2n) is 8.42. The number of aromatic amines is 1. The fraction of sp³-hybridized carbons (Fsp3) is 0.500. The number of aromatic nitrogens is 2. The molecule has 0 radical (unpaired) electrons. The lowest BCUT2D eigenvalue weighted by molar-refractivity contribution is -0.122. The highest BCUT2D eigenvalue weighted by atomic mass is 16.2. The van der Waals surface area contributed by atoms with Gasteiger partial charge in [-0.2, -0.15) is 5.10 Å². The van der Waals surface area contributed by atoms with Gasteiger partial charge in [0.1, 0.15) is 0 Å². The van der Waals surface area contributed by atoms with Gasteiger partial charge in [-0.05, 0) is 37.1 Å². The van der Waals surface area contributed by atoms with E-state index in [2.05, 4.69) is 53.3 Å². The Kier molecular flexibility index (Phi) is 3.72. The number of anilines is 1. The van der Waals surface area contributed by atoms with Gasteiger partial charge in [0.2, 0.25) is 5.91 Å². The van der Waals surface area contributed by atoms with Crippen molar-refractivity contribution in [1.82, 2.24) is 15.1 Å². The lowest BCUT2D eigenvalue weighted by Crippen LogP contribution is -2.49. The molecular formula is C20H26N4O. The van der Waals surface area contributed by atoms with E-state index in [1.54, 1.807) is 0 Å². The lowest BCUT2D eigenvalue weighted by atomic mass is 9.75. The van der Waals surface area contributed by atoms with E-state index in [0.717, 1.165) is 55.1 Å². The summed E-state index contributed by atoms with van der Waals surface area (Å²) in [5.41, 5.74) is 3.98. The molecule has 1 fully saturated rings. The molecule has 1 aromatic carbocycles. The number of carbonyl (C=O) groups is 1. The van der Waals surface area contributed by atoms with Gasteiger partial charge >= 0.3 is 0 Å². The van der Waals surface area contributed by atoms with Crippen molar-refractivity contribution >= 4 is 11.6 Å². The third kappa shape index (κ3) is 2.76.